The summed E-state index contributed by atoms with van der Waals surface area (Å²) in [6.07, 6.45) is 0. The summed E-state index contributed by atoms with van der Waals surface area (Å²) < 4.78 is 0. The van der Waals surface area contributed by atoms with Gasteiger partial charge < -0.3 is 11.1 Å². The number of halogens is 1. The molecule has 0 bridgehead atoms. The maximum atomic E-state index is 5.92. The standard InChI is InChI=1S/C12H18ClN3/c1-9(16-6-4-15-5-7-16)10-2-3-11(13)12(14)8-10/h2-3,8-9,15H,4-7,14H2,1H3. The van der Waals surface area contributed by atoms with Crippen LogP contribution in [0.15, 0.2) is 18.2 Å². The van der Waals surface area contributed by atoms with E-state index in [0.29, 0.717) is 16.8 Å². The number of nitrogens with two attached hydrogens (primary N) is 1. The van der Waals surface area contributed by atoms with Crippen LogP contribution in [0, 0.1) is 0 Å². The van der Waals surface area contributed by atoms with E-state index in [4.69, 9.17) is 17.3 Å². The molecule has 0 saturated carbocycles. The molecular weight excluding hydrogens is 222 g/mol. The van der Waals surface area contributed by atoms with Crippen LogP contribution in [0.3, 0.4) is 0 Å². The van der Waals surface area contributed by atoms with Gasteiger partial charge in [-0.25, -0.2) is 0 Å². The van der Waals surface area contributed by atoms with Crippen molar-refractivity contribution in [2.45, 2.75) is 13.0 Å². The summed E-state index contributed by atoms with van der Waals surface area (Å²) in [6.45, 7) is 6.52. The van der Waals surface area contributed by atoms with E-state index in [1.165, 1.54) is 5.56 Å². The molecule has 88 valence electrons. The number of piperazine rings is 1. The maximum Gasteiger partial charge on any atom is 0.0635 e. The first-order valence-corrected chi connectivity index (χ1v) is 6.06. The molecule has 1 atom stereocenters. The zero-order valence-electron chi connectivity index (χ0n) is 9.54. The van der Waals surface area contributed by atoms with Crippen molar-refractivity contribution >= 4 is 17.3 Å². The van der Waals surface area contributed by atoms with E-state index in [1.54, 1.807) is 0 Å². The topological polar surface area (TPSA) is 41.3 Å². The van der Waals surface area contributed by atoms with Gasteiger partial charge in [0, 0.05) is 32.2 Å². The minimum atomic E-state index is 0.404. The number of hydrogen-bond donors (Lipinski definition) is 2. The Bertz CT molecular complexity index is 361. The quantitative estimate of drug-likeness (QED) is 0.775. The van der Waals surface area contributed by atoms with E-state index in [1.807, 2.05) is 12.1 Å². The van der Waals surface area contributed by atoms with Crippen LogP contribution in [0.2, 0.25) is 5.02 Å². The van der Waals surface area contributed by atoms with Gasteiger partial charge in [-0.1, -0.05) is 17.7 Å². The molecule has 1 aromatic carbocycles. The van der Waals surface area contributed by atoms with Crippen molar-refractivity contribution in [3.05, 3.63) is 28.8 Å². The number of hydrogen-bond acceptors (Lipinski definition) is 3. The SMILES string of the molecule is CC(c1ccc(Cl)c(N)c1)N1CCNCC1. The Morgan fingerprint density at radius 1 is 1.38 bits per heavy atom. The fourth-order valence-corrected chi connectivity index (χ4v) is 2.22. The molecule has 3 N–H and O–H groups in total. The van der Waals surface area contributed by atoms with Gasteiger partial charge in [-0.2, -0.15) is 0 Å². The third-order valence-electron chi connectivity index (χ3n) is 3.20. The molecular formula is C12H18ClN3. The Morgan fingerprint density at radius 2 is 2.06 bits per heavy atom. The Balaban J connectivity index is 2.12. The Kier molecular flexibility index (Phi) is 3.69. The summed E-state index contributed by atoms with van der Waals surface area (Å²) in [6, 6.07) is 6.33. The van der Waals surface area contributed by atoms with Crippen LogP contribution in [0.5, 0.6) is 0 Å². The van der Waals surface area contributed by atoms with Crippen LogP contribution in [0.4, 0.5) is 5.69 Å². The lowest BCUT2D eigenvalue weighted by molar-refractivity contribution is 0.185. The van der Waals surface area contributed by atoms with Crippen LogP contribution < -0.4 is 11.1 Å². The minimum Gasteiger partial charge on any atom is -0.398 e. The molecule has 1 aliphatic heterocycles. The predicted molar refractivity (Wildman–Crippen MR) is 68.7 cm³/mol. The molecule has 1 aromatic rings. The number of anilines is 1. The van der Waals surface area contributed by atoms with Gasteiger partial charge in [0.25, 0.3) is 0 Å². The molecule has 1 saturated heterocycles. The average Bonchev–Trinajstić information content (AvgIpc) is 2.33. The number of rotatable bonds is 2. The second-order valence-corrected chi connectivity index (χ2v) is 4.65. The maximum absolute atomic E-state index is 5.92. The first-order chi connectivity index (χ1) is 7.68. The van der Waals surface area contributed by atoms with Gasteiger partial charge in [0.15, 0.2) is 0 Å². The van der Waals surface area contributed by atoms with Gasteiger partial charge in [-0.05, 0) is 24.6 Å². The lowest BCUT2D eigenvalue weighted by Gasteiger charge is -2.33. The third-order valence-corrected chi connectivity index (χ3v) is 3.55. The Morgan fingerprint density at radius 3 is 2.69 bits per heavy atom. The average molecular weight is 240 g/mol. The van der Waals surface area contributed by atoms with Gasteiger partial charge in [-0.15, -0.1) is 0 Å². The normalized spacial score (nSPS) is 19.6. The zero-order chi connectivity index (χ0) is 11.5. The monoisotopic (exact) mass is 239 g/mol. The molecule has 16 heavy (non-hydrogen) atoms. The van der Waals surface area contributed by atoms with E-state index in [9.17, 15) is 0 Å². The molecule has 0 amide bonds. The van der Waals surface area contributed by atoms with Gasteiger partial charge in [-0.3, -0.25) is 4.90 Å². The molecule has 1 heterocycles. The molecule has 1 fully saturated rings. The first-order valence-electron chi connectivity index (χ1n) is 5.68. The number of nitrogen functional groups attached to an aromatic ring is 1. The lowest BCUT2D eigenvalue weighted by Crippen LogP contribution is -2.44. The summed E-state index contributed by atoms with van der Waals surface area (Å²) in [4.78, 5) is 2.46. The highest BCUT2D eigenvalue weighted by molar-refractivity contribution is 6.33. The summed E-state index contributed by atoms with van der Waals surface area (Å²) in [5.41, 5.74) is 7.73. The molecule has 0 aliphatic carbocycles. The van der Waals surface area contributed by atoms with Crippen molar-refractivity contribution in [3.63, 3.8) is 0 Å². The Hall–Kier alpha value is -0.770. The van der Waals surface area contributed by atoms with Crippen molar-refractivity contribution in [3.8, 4) is 0 Å². The van der Waals surface area contributed by atoms with Crippen molar-refractivity contribution in [1.82, 2.24) is 10.2 Å². The lowest BCUT2D eigenvalue weighted by atomic mass is 10.1. The van der Waals surface area contributed by atoms with Crippen LogP contribution in [-0.2, 0) is 0 Å². The summed E-state index contributed by atoms with van der Waals surface area (Å²) in [5, 5.41) is 3.99. The zero-order valence-corrected chi connectivity index (χ0v) is 10.3. The first kappa shape index (κ1) is 11.7. The van der Waals surface area contributed by atoms with E-state index in [2.05, 4.69) is 23.2 Å². The van der Waals surface area contributed by atoms with Crippen molar-refractivity contribution in [2.75, 3.05) is 31.9 Å². The number of nitrogens with zero attached hydrogens (tertiary/aromatic N) is 1. The number of benzene rings is 1. The second kappa shape index (κ2) is 5.04. The Labute approximate surface area is 102 Å². The largest absolute Gasteiger partial charge is 0.398 e. The fourth-order valence-electron chi connectivity index (χ4n) is 2.10. The van der Waals surface area contributed by atoms with Crippen LogP contribution in [0.25, 0.3) is 0 Å². The van der Waals surface area contributed by atoms with Crippen LogP contribution in [-0.4, -0.2) is 31.1 Å². The summed E-state index contributed by atoms with van der Waals surface area (Å²) >= 11 is 5.92. The highest BCUT2D eigenvalue weighted by Crippen LogP contribution is 2.26. The van der Waals surface area contributed by atoms with E-state index in [0.717, 1.165) is 26.2 Å². The van der Waals surface area contributed by atoms with Gasteiger partial charge in [0.05, 0.1) is 10.7 Å². The second-order valence-electron chi connectivity index (χ2n) is 4.24. The molecule has 3 nitrogen and oxygen atoms in total. The van der Waals surface area contributed by atoms with E-state index >= 15 is 0 Å². The van der Waals surface area contributed by atoms with Crippen molar-refractivity contribution in [1.29, 1.82) is 0 Å². The smallest absolute Gasteiger partial charge is 0.0635 e. The molecule has 2 rings (SSSR count). The van der Waals surface area contributed by atoms with Crippen molar-refractivity contribution < 1.29 is 0 Å². The van der Waals surface area contributed by atoms with Crippen LogP contribution in [0.1, 0.15) is 18.5 Å². The predicted octanol–water partition coefficient (Wildman–Crippen LogP) is 1.89. The van der Waals surface area contributed by atoms with E-state index in [-0.39, 0.29) is 0 Å². The molecule has 1 unspecified atom stereocenters. The molecule has 4 heteroatoms. The summed E-state index contributed by atoms with van der Waals surface area (Å²) in [5.74, 6) is 0. The number of nitrogens with one attached hydrogen (secondary N) is 1. The highest BCUT2D eigenvalue weighted by Gasteiger charge is 2.18. The highest BCUT2D eigenvalue weighted by atomic mass is 35.5. The summed E-state index contributed by atoms with van der Waals surface area (Å²) in [7, 11) is 0. The minimum absolute atomic E-state index is 0.404. The van der Waals surface area contributed by atoms with Gasteiger partial charge in [0.2, 0.25) is 0 Å². The van der Waals surface area contributed by atoms with Gasteiger partial charge >= 0.3 is 0 Å². The van der Waals surface area contributed by atoms with Gasteiger partial charge in [0.1, 0.15) is 0 Å². The fraction of sp³-hybridized carbons (Fsp3) is 0.500. The molecule has 0 aromatic heterocycles. The molecule has 0 spiro atoms. The molecule has 0 radical (unpaired) electrons. The third kappa shape index (κ3) is 2.48. The molecule has 1 aliphatic rings. The van der Waals surface area contributed by atoms with E-state index < -0.39 is 0 Å². The van der Waals surface area contributed by atoms with Crippen LogP contribution >= 0.6 is 11.6 Å². The van der Waals surface area contributed by atoms with Crippen molar-refractivity contribution in [2.24, 2.45) is 0 Å².